The molecular formula is C30H26N6O4. The molecule has 0 aliphatic heterocycles. The lowest BCUT2D eigenvalue weighted by molar-refractivity contribution is 0.415. The number of hydrogen-bond acceptors (Lipinski definition) is 6. The van der Waals surface area contributed by atoms with Gasteiger partial charge in [0.1, 0.15) is 11.5 Å². The van der Waals surface area contributed by atoms with Crippen molar-refractivity contribution in [3.05, 3.63) is 130 Å². The summed E-state index contributed by atoms with van der Waals surface area (Å²) in [7, 11) is 3.24. The number of aromatic amines is 2. The summed E-state index contributed by atoms with van der Waals surface area (Å²) in [6, 6.07) is 28.9. The third-order valence-electron chi connectivity index (χ3n) is 6.00. The normalized spacial score (nSPS) is 10.4. The highest BCUT2D eigenvalue weighted by Gasteiger charge is 2.09. The summed E-state index contributed by atoms with van der Waals surface area (Å²) in [6.45, 7) is 0. The Labute approximate surface area is 229 Å². The Morgan fingerprint density at radius 1 is 0.575 bits per heavy atom. The number of ether oxygens (including phenoxy) is 2. The molecule has 40 heavy (non-hydrogen) atoms. The Balaban J connectivity index is 0.000000161. The van der Waals surface area contributed by atoms with Gasteiger partial charge in [0, 0.05) is 24.5 Å². The molecule has 0 aliphatic carbocycles. The molecule has 10 nitrogen and oxygen atoms in total. The van der Waals surface area contributed by atoms with Gasteiger partial charge in [-0.2, -0.15) is 0 Å². The first-order valence-corrected chi connectivity index (χ1v) is 12.3. The Hall–Kier alpha value is -5.64. The predicted molar refractivity (Wildman–Crippen MR) is 152 cm³/mol. The van der Waals surface area contributed by atoms with E-state index in [0.717, 1.165) is 34.0 Å². The minimum Gasteiger partial charge on any atom is -0.497 e. The van der Waals surface area contributed by atoms with Crippen LogP contribution in [0.15, 0.2) is 119 Å². The summed E-state index contributed by atoms with van der Waals surface area (Å²) < 4.78 is 13.1. The van der Waals surface area contributed by atoms with Crippen LogP contribution in [-0.4, -0.2) is 43.7 Å². The Morgan fingerprint density at radius 3 is 1.30 bits per heavy atom. The number of rotatable bonds is 6. The van der Waals surface area contributed by atoms with E-state index in [1.54, 1.807) is 50.9 Å². The molecule has 4 aromatic heterocycles. The maximum Gasteiger partial charge on any atom is 0.273 e. The smallest absolute Gasteiger partial charge is 0.273 e. The van der Waals surface area contributed by atoms with E-state index in [4.69, 9.17) is 9.47 Å². The molecule has 200 valence electrons. The fourth-order valence-electron chi connectivity index (χ4n) is 3.94. The predicted octanol–water partition coefficient (Wildman–Crippen LogP) is 4.47. The van der Waals surface area contributed by atoms with Crippen molar-refractivity contribution in [2.24, 2.45) is 0 Å². The zero-order chi connectivity index (χ0) is 27.9. The Bertz CT molecular complexity index is 1650. The van der Waals surface area contributed by atoms with Crippen molar-refractivity contribution in [2.75, 3.05) is 14.2 Å². The second-order valence-corrected chi connectivity index (χ2v) is 8.52. The number of benzene rings is 2. The van der Waals surface area contributed by atoms with Crippen molar-refractivity contribution in [1.29, 1.82) is 0 Å². The van der Waals surface area contributed by atoms with E-state index in [2.05, 4.69) is 20.2 Å². The first kappa shape index (κ1) is 26.0. The summed E-state index contributed by atoms with van der Waals surface area (Å²) >= 11 is 0. The molecule has 0 unspecified atom stereocenters. The highest BCUT2D eigenvalue weighted by atomic mass is 16.5. The van der Waals surface area contributed by atoms with Gasteiger partial charge in [0.2, 0.25) is 0 Å². The van der Waals surface area contributed by atoms with Gasteiger partial charge >= 0.3 is 0 Å². The molecule has 4 heterocycles. The molecule has 0 saturated carbocycles. The SMILES string of the molecule is COc1ccc(-c2cc(=O)n(-c3ccccn3)[nH]2)cc1.COc1ccc(-c2cc(=O)n(-c3ccccn3)[nH]2)cc1. The number of hydrogen-bond donors (Lipinski definition) is 2. The number of methoxy groups -OCH3 is 2. The number of aromatic nitrogens is 6. The molecule has 0 fully saturated rings. The molecule has 2 N–H and O–H groups in total. The van der Waals surface area contributed by atoms with Gasteiger partial charge in [0.25, 0.3) is 11.1 Å². The maximum absolute atomic E-state index is 12.0. The average Bonchev–Trinajstić information content (AvgIpc) is 3.61. The first-order chi connectivity index (χ1) is 19.6. The number of nitrogens with zero attached hydrogens (tertiary/aromatic N) is 4. The van der Waals surface area contributed by atoms with Crippen molar-refractivity contribution in [1.82, 2.24) is 29.5 Å². The molecule has 0 saturated heterocycles. The monoisotopic (exact) mass is 534 g/mol. The fraction of sp³-hybridized carbons (Fsp3) is 0.0667. The quantitative estimate of drug-likeness (QED) is 0.325. The van der Waals surface area contributed by atoms with Gasteiger partial charge in [-0.3, -0.25) is 19.8 Å². The van der Waals surface area contributed by atoms with Gasteiger partial charge in [-0.1, -0.05) is 12.1 Å². The molecule has 0 atom stereocenters. The summed E-state index contributed by atoms with van der Waals surface area (Å²) in [5, 5.41) is 6.10. The molecule has 0 radical (unpaired) electrons. The van der Waals surface area contributed by atoms with Gasteiger partial charge < -0.3 is 9.47 Å². The first-order valence-electron chi connectivity index (χ1n) is 12.3. The molecule has 10 heteroatoms. The van der Waals surface area contributed by atoms with Crippen LogP contribution in [0.3, 0.4) is 0 Å². The minimum atomic E-state index is -0.144. The van der Waals surface area contributed by atoms with Crippen molar-refractivity contribution in [3.63, 3.8) is 0 Å². The van der Waals surface area contributed by atoms with Gasteiger partial charge in [-0.15, -0.1) is 0 Å². The number of pyridine rings is 2. The highest BCUT2D eigenvalue weighted by molar-refractivity contribution is 5.60. The molecular weight excluding hydrogens is 508 g/mol. The molecule has 2 aromatic carbocycles. The van der Waals surface area contributed by atoms with Gasteiger partial charge in [0.15, 0.2) is 11.6 Å². The van der Waals surface area contributed by atoms with Crippen molar-refractivity contribution < 1.29 is 9.47 Å². The van der Waals surface area contributed by atoms with Crippen molar-refractivity contribution in [3.8, 4) is 45.6 Å². The molecule has 0 amide bonds. The molecule has 6 rings (SSSR count). The van der Waals surface area contributed by atoms with Crippen LogP contribution >= 0.6 is 0 Å². The van der Waals surface area contributed by atoms with E-state index in [1.807, 2.05) is 72.8 Å². The van der Waals surface area contributed by atoms with E-state index in [0.29, 0.717) is 11.6 Å². The second-order valence-electron chi connectivity index (χ2n) is 8.52. The standard InChI is InChI=1S/2C15H13N3O2/c2*1-20-12-7-5-11(6-8-12)13-10-15(19)18(17-13)14-4-2-3-9-16-14/h2*2-10,17H,1H3. The van der Waals surface area contributed by atoms with Crippen LogP contribution in [0.1, 0.15) is 0 Å². The van der Waals surface area contributed by atoms with Crippen molar-refractivity contribution in [2.45, 2.75) is 0 Å². The number of H-pyrrole nitrogens is 2. The third kappa shape index (κ3) is 5.76. The summed E-state index contributed by atoms with van der Waals surface area (Å²) in [6.07, 6.45) is 3.30. The van der Waals surface area contributed by atoms with Crippen molar-refractivity contribution >= 4 is 0 Å². The molecule has 0 bridgehead atoms. The topological polar surface area (TPSA) is 120 Å². The van der Waals surface area contributed by atoms with Crippen LogP contribution in [-0.2, 0) is 0 Å². The summed E-state index contributed by atoms with van der Waals surface area (Å²) in [5.41, 5.74) is 3.02. The third-order valence-corrected chi connectivity index (χ3v) is 6.00. The minimum absolute atomic E-state index is 0.144. The molecule has 0 spiro atoms. The maximum atomic E-state index is 12.0. The van der Waals surface area contributed by atoms with Gasteiger partial charge in [-0.25, -0.2) is 19.3 Å². The van der Waals surface area contributed by atoms with E-state index in [1.165, 1.54) is 9.36 Å². The van der Waals surface area contributed by atoms with E-state index >= 15 is 0 Å². The van der Waals surface area contributed by atoms with Crippen LogP contribution in [0.4, 0.5) is 0 Å². The van der Waals surface area contributed by atoms with Crippen LogP contribution in [0, 0.1) is 0 Å². The van der Waals surface area contributed by atoms with Crippen LogP contribution < -0.4 is 20.6 Å². The fourth-order valence-corrected chi connectivity index (χ4v) is 3.94. The number of nitrogens with one attached hydrogen (secondary N) is 2. The van der Waals surface area contributed by atoms with Gasteiger partial charge in [0.05, 0.1) is 25.6 Å². The molecule has 6 aromatic rings. The van der Waals surface area contributed by atoms with Crippen LogP contribution in [0.2, 0.25) is 0 Å². The van der Waals surface area contributed by atoms with Gasteiger partial charge in [-0.05, 0) is 83.9 Å². The molecule has 0 aliphatic rings. The van der Waals surface area contributed by atoms with Crippen LogP contribution in [0.5, 0.6) is 11.5 Å². The Kier molecular flexibility index (Phi) is 7.68. The highest BCUT2D eigenvalue weighted by Crippen LogP contribution is 2.21. The Morgan fingerprint density at radius 2 is 0.975 bits per heavy atom. The lowest BCUT2D eigenvalue weighted by atomic mass is 10.1. The van der Waals surface area contributed by atoms with E-state index in [9.17, 15) is 9.59 Å². The van der Waals surface area contributed by atoms with E-state index in [-0.39, 0.29) is 11.1 Å². The zero-order valence-electron chi connectivity index (χ0n) is 21.8. The van der Waals surface area contributed by atoms with E-state index < -0.39 is 0 Å². The average molecular weight is 535 g/mol. The lowest BCUT2D eigenvalue weighted by Crippen LogP contribution is -2.14. The lowest BCUT2D eigenvalue weighted by Gasteiger charge is -2.02. The summed E-state index contributed by atoms with van der Waals surface area (Å²) in [4.78, 5) is 32.3. The second kappa shape index (κ2) is 11.8. The van der Waals surface area contributed by atoms with Crippen LogP contribution in [0.25, 0.3) is 34.2 Å². The summed E-state index contributed by atoms with van der Waals surface area (Å²) in [5.74, 6) is 2.69. The zero-order valence-corrected chi connectivity index (χ0v) is 21.8. The largest absolute Gasteiger partial charge is 0.497 e.